The molecule has 2 aromatic rings. The predicted octanol–water partition coefficient (Wildman–Crippen LogP) is 2.05. The van der Waals surface area contributed by atoms with E-state index >= 15 is 0 Å². The van der Waals surface area contributed by atoms with Crippen LogP contribution in [0.15, 0.2) is 48.9 Å². The van der Waals surface area contributed by atoms with Crippen LogP contribution in [0, 0.1) is 0 Å². The first-order valence-corrected chi connectivity index (χ1v) is 7.44. The number of urea groups is 1. The maximum atomic E-state index is 12.2. The summed E-state index contributed by atoms with van der Waals surface area (Å²) >= 11 is 0. The van der Waals surface area contributed by atoms with Gasteiger partial charge < -0.3 is 15.5 Å². The Morgan fingerprint density at radius 2 is 2.09 bits per heavy atom. The van der Waals surface area contributed by atoms with E-state index in [2.05, 4.69) is 32.7 Å². The van der Waals surface area contributed by atoms with Gasteiger partial charge in [-0.05, 0) is 12.0 Å². The van der Waals surface area contributed by atoms with Crippen LogP contribution in [0.25, 0.3) is 0 Å². The van der Waals surface area contributed by atoms with Crippen LogP contribution in [0.1, 0.15) is 18.0 Å². The van der Waals surface area contributed by atoms with Crippen molar-refractivity contribution in [2.24, 2.45) is 0 Å². The van der Waals surface area contributed by atoms with E-state index in [-0.39, 0.29) is 12.1 Å². The van der Waals surface area contributed by atoms with Gasteiger partial charge in [0.1, 0.15) is 5.82 Å². The zero-order valence-electron chi connectivity index (χ0n) is 12.3. The number of benzene rings is 1. The van der Waals surface area contributed by atoms with Crippen molar-refractivity contribution in [2.75, 3.05) is 25.0 Å². The van der Waals surface area contributed by atoms with Crippen molar-refractivity contribution >= 4 is 11.8 Å². The molecule has 6 heteroatoms. The molecule has 1 saturated heterocycles. The number of aromatic nitrogens is 2. The lowest BCUT2D eigenvalue weighted by atomic mass is 9.95. The van der Waals surface area contributed by atoms with Gasteiger partial charge in [-0.3, -0.25) is 4.98 Å². The molecule has 0 radical (unpaired) electrons. The Bertz CT molecular complexity index is 604. The summed E-state index contributed by atoms with van der Waals surface area (Å²) < 4.78 is 0. The summed E-state index contributed by atoms with van der Waals surface area (Å²) in [6.45, 7) is 1.98. The van der Waals surface area contributed by atoms with Crippen LogP contribution in [0.2, 0.25) is 0 Å². The quantitative estimate of drug-likeness (QED) is 0.829. The molecule has 0 spiro atoms. The molecule has 2 heterocycles. The molecule has 1 aromatic heterocycles. The van der Waals surface area contributed by atoms with Crippen molar-refractivity contribution < 1.29 is 4.79 Å². The van der Waals surface area contributed by atoms with E-state index < -0.39 is 0 Å². The molecule has 0 saturated carbocycles. The van der Waals surface area contributed by atoms with Gasteiger partial charge in [-0.25, -0.2) is 9.78 Å². The SMILES string of the molecule is O=C(NCCNc1cnccn1)N1CCC1c1ccccc1. The number of carbonyl (C=O) groups excluding carboxylic acids is 1. The highest BCUT2D eigenvalue weighted by molar-refractivity contribution is 5.75. The van der Waals surface area contributed by atoms with E-state index in [1.165, 1.54) is 5.56 Å². The molecule has 0 bridgehead atoms. The third-order valence-corrected chi connectivity index (χ3v) is 3.74. The fourth-order valence-corrected chi connectivity index (χ4v) is 2.50. The summed E-state index contributed by atoms with van der Waals surface area (Å²) in [6, 6.07) is 10.3. The largest absolute Gasteiger partial charge is 0.367 e. The first kappa shape index (κ1) is 14.3. The smallest absolute Gasteiger partial charge is 0.317 e. The number of rotatable bonds is 5. The Morgan fingerprint density at radius 3 is 2.77 bits per heavy atom. The number of hydrogen-bond acceptors (Lipinski definition) is 4. The van der Waals surface area contributed by atoms with Crippen molar-refractivity contribution in [1.29, 1.82) is 0 Å². The third-order valence-electron chi connectivity index (χ3n) is 3.74. The summed E-state index contributed by atoms with van der Waals surface area (Å²) in [5.74, 6) is 0.711. The van der Waals surface area contributed by atoms with Gasteiger partial charge in [0, 0.05) is 32.0 Å². The van der Waals surface area contributed by atoms with Crippen LogP contribution in [-0.4, -0.2) is 40.5 Å². The van der Waals surface area contributed by atoms with Crippen molar-refractivity contribution in [2.45, 2.75) is 12.5 Å². The number of likely N-dealkylation sites (tertiary alicyclic amines) is 1. The van der Waals surface area contributed by atoms with E-state index in [1.807, 2.05) is 23.1 Å². The van der Waals surface area contributed by atoms with E-state index in [9.17, 15) is 4.79 Å². The van der Waals surface area contributed by atoms with Crippen LogP contribution in [-0.2, 0) is 0 Å². The lowest BCUT2D eigenvalue weighted by Crippen LogP contribution is -2.50. The molecule has 22 heavy (non-hydrogen) atoms. The molecule has 1 fully saturated rings. The highest BCUT2D eigenvalue weighted by Crippen LogP contribution is 2.32. The Kier molecular flexibility index (Phi) is 4.48. The topological polar surface area (TPSA) is 70.1 Å². The molecule has 1 atom stereocenters. The van der Waals surface area contributed by atoms with Gasteiger partial charge in [0.05, 0.1) is 12.2 Å². The Hall–Kier alpha value is -2.63. The van der Waals surface area contributed by atoms with Crippen LogP contribution < -0.4 is 10.6 Å². The molecule has 2 amide bonds. The number of hydrogen-bond donors (Lipinski definition) is 2. The molecule has 3 rings (SSSR count). The minimum atomic E-state index is -0.0129. The number of nitrogens with zero attached hydrogens (tertiary/aromatic N) is 3. The Balaban J connectivity index is 1.43. The molecule has 2 N–H and O–H groups in total. The maximum Gasteiger partial charge on any atom is 0.317 e. The third kappa shape index (κ3) is 3.33. The lowest BCUT2D eigenvalue weighted by Gasteiger charge is -2.41. The summed E-state index contributed by atoms with van der Waals surface area (Å²) in [6.07, 6.45) is 5.93. The van der Waals surface area contributed by atoms with E-state index in [1.54, 1.807) is 18.6 Å². The van der Waals surface area contributed by atoms with Crippen LogP contribution in [0.4, 0.5) is 10.6 Å². The molecule has 1 aromatic carbocycles. The second kappa shape index (κ2) is 6.89. The van der Waals surface area contributed by atoms with E-state index in [0.29, 0.717) is 18.9 Å². The Labute approximate surface area is 129 Å². The number of amides is 2. The van der Waals surface area contributed by atoms with Gasteiger partial charge in [0.25, 0.3) is 0 Å². The first-order valence-electron chi connectivity index (χ1n) is 7.44. The number of carbonyl (C=O) groups is 1. The van der Waals surface area contributed by atoms with Crippen LogP contribution in [0.3, 0.4) is 0 Å². The average Bonchev–Trinajstić information content (AvgIpc) is 2.53. The minimum Gasteiger partial charge on any atom is -0.367 e. The Morgan fingerprint density at radius 1 is 1.23 bits per heavy atom. The molecular formula is C16H19N5O. The normalized spacial score (nSPS) is 16.7. The van der Waals surface area contributed by atoms with Crippen LogP contribution >= 0.6 is 0 Å². The number of anilines is 1. The second-order valence-electron chi connectivity index (χ2n) is 5.16. The zero-order valence-corrected chi connectivity index (χ0v) is 12.3. The van der Waals surface area contributed by atoms with Gasteiger partial charge in [0.15, 0.2) is 0 Å². The fraction of sp³-hybridized carbons (Fsp3) is 0.312. The van der Waals surface area contributed by atoms with Crippen molar-refractivity contribution in [1.82, 2.24) is 20.2 Å². The van der Waals surface area contributed by atoms with E-state index in [0.717, 1.165) is 13.0 Å². The molecule has 6 nitrogen and oxygen atoms in total. The van der Waals surface area contributed by atoms with Gasteiger partial charge >= 0.3 is 6.03 Å². The minimum absolute atomic E-state index is 0.0129. The van der Waals surface area contributed by atoms with Gasteiger partial charge in [-0.15, -0.1) is 0 Å². The predicted molar refractivity (Wildman–Crippen MR) is 84.4 cm³/mol. The molecule has 0 aliphatic carbocycles. The van der Waals surface area contributed by atoms with E-state index in [4.69, 9.17) is 0 Å². The first-order chi connectivity index (χ1) is 10.8. The van der Waals surface area contributed by atoms with Gasteiger partial charge in [-0.2, -0.15) is 0 Å². The molecule has 114 valence electrons. The fourth-order valence-electron chi connectivity index (χ4n) is 2.50. The molecular weight excluding hydrogens is 278 g/mol. The standard InChI is InChI=1S/C16H19N5O/c22-16(20-10-9-19-15-12-17-7-8-18-15)21-11-6-14(21)13-4-2-1-3-5-13/h1-5,7-8,12,14H,6,9-11H2,(H,18,19)(H,20,22). The van der Waals surface area contributed by atoms with Crippen molar-refractivity contribution in [3.05, 3.63) is 54.5 Å². The van der Waals surface area contributed by atoms with Gasteiger partial charge in [0.2, 0.25) is 0 Å². The average molecular weight is 297 g/mol. The van der Waals surface area contributed by atoms with Crippen molar-refractivity contribution in [3.63, 3.8) is 0 Å². The molecule has 1 aliphatic heterocycles. The monoisotopic (exact) mass is 297 g/mol. The maximum absolute atomic E-state index is 12.2. The summed E-state index contributed by atoms with van der Waals surface area (Å²) in [5.41, 5.74) is 1.20. The summed E-state index contributed by atoms with van der Waals surface area (Å²) in [4.78, 5) is 22.1. The number of nitrogens with one attached hydrogen (secondary N) is 2. The highest BCUT2D eigenvalue weighted by Gasteiger charge is 2.32. The summed E-state index contributed by atoms with van der Waals surface area (Å²) in [5, 5.41) is 6.04. The molecule has 1 aliphatic rings. The van der Waals surface area contributed by atoms with Crippen LogP contribution in [0.5, 0.6) is 0 Å². The summed E-state index contributed by atoms with van der Waals surface area (Å²) in [7, 11) is 0. The molecule has 1 unspecified atom stereocenters. The van der Waals surface area contributed by atoms with Crippen molar-refractivity contribution in [3.8, 4) is 0 Å². The highest BCUT2D eigenvalue weighted by atomic mass is 16.2. The lowest BCUT2D eigenvalue weighted by molar-refractivity contribution is 0.115. The zero-order chi connectivity index (χ0) is 15.2. The van der Waals surface area contributed by atoms with Gasteiger partial charge in [-0.1, -0.05) is 30.3 Å². The second-order valence-corrected chi connectivity index (χ2v) is 5.16.